The Morgan fingerprint density at radius 3 is 2.72 bits per heavy atom. The van der Waals surface area contributed by atoms with E-state index in [-0.39, 0.29) is 17.5 Å². The van der Waals surface area contributed by atoms with Crippen LogP contribution in [0.1, 0.15) is 45.1 Å². The molecule has 2 aromatic rings. The number of carbonyl (C=O) groups excluding carboxylic acids is 1. The van der Waals surface area contributed by atoms with Gasteiger partial charge in [0.05, 0.1) is 23.2 Å². The summed E-state index contributed by atoms with van der Waals surface area (Å²) in [5.41, 5.74) is 3.18. The second kappa shape index (κ2) is 10.7. The molecule has 8 heteroatoms. The summed E-state index contributed by atoms with van der Waals surface area (Å²) in [5, 5.41) is 15.8. The van der Waals surface area contributed by atoms with Gasteiger partial charge in [-0.2, -0.15) is 0 Å². The van der Waals surface area contributed by atoms with E-state index in [0.717, 1.165) is 42.6 Å². The standard InChI is InChI=1S/C24H35N7O/c1-24(2,16-31(3)4)15-26-13-18(12-25)17-11-21-20(27-14-17)9-10-22(29-21)30-23(32)28-19-7-5-6-8-19/h9-14,19,25-26H,5-8,15-16H2,1-4H3,(H2,28,29,30,32)/p+1/b18-13+,25-12?. The number of rotatable bonds is 9. The number of quaternary nitrogens is 1. The molecule has 0 bridgehead atoms. The first kappa shape index (κ1) is 23.8. The van der Waals surface area contributed by atoms with Crippen LogP contribution in [0.5, 0.6) is 0 Å². The minimum atomic E-state index is -0.220. The number of carbonyl (C=O) groups is 1. The summed E-state index contributed by atoms with van der Waals surface area (Å²) in [7, 11) is 4.16. The molecule has 2 aromatic heterocycles. The Morgan fingerprint density at radius 1 is 1.28 bits per heavy atom. The molecule has 0 unspecified atom stereocenters. The van der Waals surface area contributed by atoms with Crippen molar-refractivity contribution < 1.29 is 10.1 Å². The summed E-state index contributed by atoms with van der Waals surface area (Å²) in [6.45, 7) is 6.37. The van der Waals surface area contributed by atoms with Gasteiger partial charge in [0.1, 0.15) is 12.0 Å². The Hall–Kier alpha value is -2.84. The van der Waals surface area contributed by atoms with Gasteiger partial charge in [-0.1, -0.05) is 26.7 Å². The van der Waals surface area contributed by atoms with E-state index in [2.05, 4.69) is 58.8 Å². The summed E-state index contributed by atoms with van der Waals surface area (Å²) >= 11 is 0. The number of nitrogens with two attached hydrogens (primary N) is 1. The van der Waals surface area contributed by atoms with Gasteiger partial charge in [-0.25, -0.2) is 9.78 Å². The van der Waals surface area contributed by atoms with Gasteiger partial charge < -0.3 is 20.9 Å². The Balaban J connectivity index is 1.70. The van der Waals surface area contributed by atoms with Crippen LogP contribution in [-0.4, -0.2) is 60.3 Å². The van der Waals surface area contributed by atoms with E-state index in [9.17, 15) is 4.79 Å². The highest BCUT2D eigenvalue weighted by Gasteiger charge is 2.21. The number of urea groups is 1. The molecule has 0 atom stereocenters. The molecular formula is C24H36N7O+. The molecule has 0 aliphatic heterocycles. The zero-order valence-corrected chi connectivity index (χ0v) is 19.6. The average molecular weight is 439 g/mol. The van der Waals surface area contributed by atoms with Crippen molar-refractivity contribution in [3.05, 3.63) is 36.2 Å². The molecule has 32 heavy (non-hydrogen) atoms. The summed E-state index contributed by atoms with van der Waals surface area (Å²) < 4.78 is 0. The van der Waals surface area contributed by atoms with Crippen LogP contribution < -0.4 is 16.0 Å². The summed E-state index contributed by atoms with van der Waals surface area (Å²) in [6.07, 6.45) is 9.49. The van der Waals surface area contributed by atoms with Gasteiger partial charge in [0.15, 0.2) is 0 Å². The van der Waals surface area contributed by atoms with Gasteiger partial charge in [0.2, 0.25) is 0 Å². The van der Waals surface area contributed by atoms with E-state index < -0.39 is 0 Å². The average Bonchev–Trinajstić information content (AvgIpc) is 3.22. The van der Waals surface area contributed by atoms with Gasteiger partial charge in [0, 0.05) is 36.0 Å². The lowest BCUT2D eigenvalue weighted by atomic mass is 9.93. The zero-order valence-electron chi connectivity index (χ0n) is 19.6. The van der Waals surface area contributed by atoms with Gasteiger partial charge in [0.25, 0.3) is 0 Å². The lowest BCUT2D eigenvalue weighted by molar-refractivity contribution is -0.599. The number of nitrogens with zero attached hydrogens (tertiary/aromatic N) is 3. The molecule has 172 valence electrons. The number of nitrogens with one attached hydrogen (secondary N) is 3. The summed E-state index contributed by atoms with van der Waals surface area (Å²) in [4.78, 5) is 23.5. The Bertz CT molecular complexity index is 977. The first-order chi connectivity index (χ1) is 15.3. The van der Waals surface area contributed by atoms with Crippen LogP contribution in [0.15, 0.2) is 30.6 Å². The van der Waals surface area contributed by atoms with Crippen molar-refractivity contribution in [2.45, 2.75) is 45.6 Å². The number of aromatic nitrogens is 2. The Morgan fingerprint density at radius 2 is 2.03 bits per heavy atom. The molecule has 2 heterocycles. The van der Waals surface area contributed by atoms with Crippen LogP contribution in [0.25, 0.3) is 16.6 Å². The van der Waals surface area contributed by atoms with Crippen LogP contribution in [-0.2, 0) is 0 Å². The third-order valence-corrected chi connectivity index (χ3v) is 5.67. The molecule has 0 spiro atoms. The maximum Gasteiger partial charge on any atom is 0.320 e. The molecule has 5 N–H and O–H groups in total. The molecule has 8 nitrogen and oxygen atoms in total. The topological polar surface area (TPSA) is 111 Å². The molecule has 1 saturated carbocycles. The van der Waals surface area contributed by atoms with Crippen LogP contribution >= 0.6 is 0 Å². The van der Waals surface area contributed by atoms with E-state index in [1.54, 1.807) is 12.3 Å². The normalized spacial score (nSPS) is 15.3. The van der Waals surface area contributed by atoms with Crippen molar-refractivity contribution in [2.75, 3.05) is 32.5 Å². The lowest BCUT2D eigenvalue weighted by Crippen LogP contribution is -2.81. The maximum atomic E-state index is 12.3. The fraction of sp³-hybridized carbons (Fsp3) is 0.500. The van der Waals surface area contributed by atoms with Crippen LogP contribution in [0.3, 0.4) is 0 Å². The van der Waals surface area contributed by atoms with Crippen molar-refractivity contribution in [3.63, 3.8) is 0 Å². The van der Waals surface area contributed by atoms with E-state index in [1.807, 2.05) is 18.3 Å². The fourth-order valence-electron chi connectivity index (χ4n) is 4.30. The quantitative estimate of drug-likeness (QED) is 0.451. The fourth-order valence-corrected chi connectivity index (χ4v) is 4.30. The highest BCUT2D eigenvalue weighted by molar-refractivity contribution is 6.08. The molecule has 0 saturated heterocycles. The lowest BCUT2D eigenvalue weighted by Gasteiger charge is -2.25. The number of anilines is 1. The number of hydrogen-bond acceptors (Lipinski definition) is 5. The van der Waals surface area contributed by atoms with Gasteiger partial charge in [-0.05, 0) is 45.1 Å². The monoisotopic (exact) mass is 438 g/mol. The molecule has 1 fully saturated rings. The van der Waals surface area contributed by atoms with Gasteiger partial charge >= 0.3 is 6.03 Å². The summed E-state index contributed by atoms with van der Waals surface area (Å²) in [6, 6.07) is 5.56. The first-order valence-electron chi connectivity index (χ1n) is 11.3. The van der Waals surface area contributed by atoms with Gasteiger partial charge in [-0.3, -0.25) is 10.3 Å². The molecule has 3 rings (SSSR count). The highest BCUT2D eigenvalue weighted by Crippen LogP contribution is 2.20. The second-order valence-corrected chi connectivity index (χ2v) is 9.65. The molecule has 1 aliphatic carbocycles. The number of fused-ring (bicyclic) bond motifs is 1. The Kier molecular flexibility index (Phi) is 7.93. The smallest absolute Gasteiger partial charge is 0.320 e. The third-order valence-electron chi connectivity index (χ3n) is 5.67. The maximum absolute atomic E-state index is 12.3. The predicted octanol–water partition coefficient (Wildman–Crippen LogP) is 2.84. The first-order valence-corrected chi connectivity index (χ1v) is 11.3. The Labute approximate surface area is 190 Å². The minimum Gasteiger partial charge on any atom is -0.335 e. The van der Waals surface area contributed by atoms with E-state index in [0.29, 0.717) is 11.3 Å². The van der Waals surface area contributed by atoms with Crippen molar-refractivity contribution in [1.82, 2.24) is 20.2 Å². The molecule has 2 amide bonds. The number of allylic oxidation sites excluding steroid dienone is 1. The van der Waals surface area contributed by atoms with E-state index in [4.69, 9.17) is 5.41 Å². The number of amides is 2. The number of hydrogen-bond donors (Lipinski definition) is 4. The predicted molar refractivity (Wildman–Crippen MR) is 130 cm³/mol. The van der Waals surface area contributed by atoms with Crippen molar-refractivity contribution in [1.29, 1.82) is 5.41 Å². The third kappa shape index (κ3) is 6.83. The molecular weight excluding hydrogens is 402 g/mol. The molecule has 0 aromatic carbocycles. The van der Waals surface area contributed by atoms with Gasteiger partial charge in [-0.15, -0.1) is 0 Å². The molecule has 0 radical (unpaired) electrons. The van der Waals surface area contributed by atoms with E-state index >= 15 is 0 Å². The second-order valence-electron chi connectivity index (χ2n) is 9.65. The van der Waals surface area contributed by atoms with Crippen LogP contribution in [0.2, 0.25) is 0 Å². The zero-order chi connectivity index (χ0) is 23.1. The van der Waals surface area contributed by atoms with E-state index in [1.165, 1.54) is 19.1 Å². The van der Waals surface area contributed by atoms with Crippen LogP contribution in [0, 0.1) is 10.8 Å². The van der Waals surface area contributed by atoms with Crippen molar-refractivity contribution in [3.8, 4) is 0 Å². The number of pyridine rings is 2. The highest BCUT2D eigenvalue weighted by atomic mass is 16.2. The van der Waals surface area contributed by atoms with Crippen LogP contribution in [0.4, 0.5) is 10.6 Å². The summed E-state index contributed by atoms with van der Waals surface area (Å²) in [5.74, 6) is 0.490. The minimum absolute atomic E-state index is 0.149. The van der Waals surface area contributed by atoms with Crippen molar-refractivity contribution in [2.24, 2.45) is 5.41 Å². The van der Waals surface area contributed by atoms with Crippen molar-refractivity contribution >= 4 is 34.7 Å². The SMILES string of the molecule is CN(C)CC(C)(C)C[NH2+]/C=C(\C=N)c1cnc2ccc(NC(=O)NC3CCCC3)nc2c1. The largest absolute Gasteiger partial charge is 0.335 e. The molecule has 1 aliphatic rings.